The van der Waals surface area contributed by atoms with Gasteiger partial charge in [-0.15, -0.1) is 0 Å². The Kier molecular flexibility index (Phi) is 3.31. The van der Waals surface area contributed by atoms with Gasteiger partial charge in [0, 0.05) is 23.0 Å². The Morgan fingerprint density at radius 3 is 1.39 bits per heavy atom. The minimum Gasteiger partial charge on any atom is -0.292 e. The largest absolute Gasteiger partial charge is 0.292 e. The van der Waals surface area contributed by atoms with Gasteiger partial charge < -0.3 is 0 Å². The molecule has 0 spiro atoms. The summed E-state index contributed by atoms with van der Waals surface area (Å²) in [5.74, 6) is -7.27. The topological polar surface area (TPSA) is 92.3 Å². The molecule has 6 nitrogen and oxygen atoms in total. The molecule has 1 fully saturated rings. The number of carbonyl (C=O) groups is 4. The summed E-state index contributed by atoms with van der Waals surface area (Å²) in [4.78, 5) is 50.3. The summed E-state index contributed by atoms with van der Waals surface area (Å²) in [6, 6.07) is 6.98. The van der Waals surface area contributed by atoms with E-state index in [0.717, 1.165) is 24.3 Å². The van der Waals surface area contributed by atoms with Gasteiger partial charge in [0.1, 0.15) is 11.6 Å². The number of amides is 4. The van der Waals surface area contributed by atoms with Crippen LogP contribution in [0.15, 0.2) is 36.4 Å². The third kappa shape index (κ3) is 2.11. The molecular formula is C20H12F2N2O4. The molecule has 3 aliphatic rings. The van der Waals surface area contributed by atoms with Crippen LogP contribution in [0.3, 0.4) is 0 Å². The van der Waals surface area contributed by atoms with Crippen LogP contribution in [0.2, 0.25) is 0 Å². The first-order valence-electron chi connectivity index (χ1n) is 8.66. The monoisotopic (exact) mass is 382 g/mol. The fourth-order valence-corrected chi connectivity index (χ4v) is 4.73. The van der Waals surface area contributed by atoms with Crippen LogP contribution >= 0.6 is 0 Å². The van der Waals surface area contributed by atoms with Crippen molar-refractivity contribution in [1.82, 2.24) is 10.6 Å². The molecule has 2 N–H and O–H groups in total. The predicted octanol–water partition coefficient (Wildman–Crippen LogP) is 1.62. The summed E-state index contributed by atoms with van der Waals surface area (Å²) in [7, 11) is 0. The molecule has 28 heavy (non-hydrogen) atoms. The van der Waals surface area contributed by atoms with E-state index < -0.39 is 58.9 Å². The molecule has 0 atom stereocenters. The van der Waals surface area contributed by atoms with Crippen molar-refractivity contribution in [3.8, 4) is 0 Å². The molecule has 1 saturated carbocycles. The molecule has 140 valence electrons. The van der Waals surface area contributed by atoms with Crippen LogP contribution < -0.4 is 10.6 Å². The Bertz CT molecular complexity index is 1020. The predicted molar refractivity (Wildman–Crippen MR) is 90.2 cm³/mol. The number of benzene rings is 2. The smallest absolute Gasteiger partial charge is 0.258 e. The van der Waals surface area contributed by atoms with Crippen molar-refractivity contribution in [3.63, 3.8) is 0 Å². The second-order valence-corrected chi connectivity index (χ2v) is 7.20. The van der Waals surface area contributed by atoms with Crippen molar-refractivity contribution in [2.45, 2.75) is 11.8 Å². The van der Waals surface area contributed by atoms with Gasteiger partial charge in [-0.05, 0) is 47.5 Å². The first-order valence-corrected chi connectivity index (χ1v) is 8.66. The van der Waals surface area contributed by atoms with Crippen LogP contribution in [-0.4, -0.2) is 23.6 Å². The van der Waals surface area contributed by atoms with E-state index in [1.165, 1.54) is 12.1 Å². The van der Waals surface area contributed by atoms with Crippen molar-refractivity contribution in [1.29, 1.82) is 0 Å². The van der Waals surface area contributed by atoms with Gasteiger partial charge in [-0.2, -0.15) is 0 Å². The minimum atomic E-state index is -0.908. The lowest BCUT2D eigenvalue weighted by Gasteiger charge is -2.49. The first-order chi connectivity index (χ1) is 13.4. The summed E-state index contributed by atoms with van der Waals surface area (Å²) in [6.07, 6.45) is 0. The Morgan fingerprint density at radius 1 is 0.607 bits per heavy atom. The summed E-state index contributed by atoms with van der Waals surface area (Å²) < 4.78 is 27.8. The summed E-state index contributed by atoms with van der Waals surface area (Å²) in [6.45, 7) is 0. The van der Waals surface area contributed by atoms with E-state index >= 15 is 0 Å². The number of imide groups is 2. The molecule has 0 saturated heterocycles. The number of hydrogen-bond acceptors (Lipinski definition) is 4. The zero-order valence-corrected chi connectivity index (χ0v) is 14.2. The number of fused-ring (bicyclic) bond motifs is 8. The van der Waals surface area contributed by atoms with Gasteiger partial charge in [-0.1, -0.05) is 0 Å². The van der Waals surface area contributed by atoms with Gasteiger partial charge in [0.2, 0.25) is 11.8 Å². The zero-order valence-electron chi connectivity index (χ0n) is 14.2. The molecule has 0 aromatic heterocycles. The molecule has 0 radical (unpaired) electrons. The van der Waals surface area contributed by atoms with Gasteiger partial charge in [0.15, 0.2) is 0 Å². The van der Waals surface area contributed by atoms with E-state index in [9.17, 15) is 28.0 Å². The van der Waals surface area contributed by atoms with Crippen molar-refractivity contribution in [2.24, 2.45) is 11.8 Å². The molecule has 1 aliphatic carbocycles. The third-order valence-electron chi connectivity index (χ3n) is 5.86. The molecule has 2 aromatic rings. The second-order valence-electron chi connectivity index (χ2n) is 7.20. The fraction of sp³-hybridized carbons (Fsp3) is 0.200. The lowest BCUT2D eigenvalue weighted by atomic mass is 9.52. The Hall–Kier alpha value is -3.42. The quantitative estimate of drug-likeness (QED) is 0.678. The minimum absolute atomic E-state index is 0.100. The Labute approximate surface area is 156 Å². The fourth-order valence-electron chi connectivity index (χ4n) is 4.73. The van der Waals surface area contributed by atoms with Crippen molar-refractivity contribution in [3.05, 3.63) is 70.3 Å². The van der Waals surface area contributed by atoms with E-state index in [1.54, 1.807) is 0 Å². The number of hydrogen-bond donors (Lipinski definition) is 2. The maximum absolute atomic E-state index is 13.9. The van der Waals surface area contributed by atoms with Gasteiger partial charge in [-0.25, -0.2) is 8.78 Å². The molecule has 2 heterocycles. The second kappa shape index (κ2) is 5.54. The molecule has 8 heteroatoms. The van der Waals surface area contributed by atoms with E-state index in [-0.39, 0.29) is 22.3 Å². The number of halogens is 2. The Morgan fingerprint density at radius 2 is 1.00 bits per heavy atom. The van der Waals surface area contributed by atoms with E-state index in [4.69, 9.17) is 0 Å². The van der Waals surface area contributed by atoms with Crippen molar-refractivity contribution in [2.75, 3.05) is 0 Å². The highest BCUT2D eigenvalue weighted by Crippen LogP contribution is 2.60. The van der Waals surface area contributed by atoms with Crippen LogP contribution in [-0.2, 0) is 9.59 Å². The Balaban J connectivity index is 1.74. The van der Waals surface area contributed by atoms with Crippen LogP contribution in [0.5, 0.6) is 0 Å². The van der Waals surface area contributed by atoms with Gasteiger partial charge in [-0.3, -0.25) is 29.8 Å². The average molecular weight is 382 g/mol. The average Bonchev–Trinajstić information content (AvgIpc) is 2.73. The van der Waals surface area contributed by atoms with Gasteiger partial charge >= 0.3 is 0 Å². The molecule has 5 rings (SSSR count). The molecule has 2 aliphatic heterocycles. The lowest BCUT2D eigenvalue weighted by Crippen LogP contribution is -2.54. The van der Waals surface area contributed by atoms with Crippen molar-refractivity contribution < 1.29 is 28.0 Å². The molecule has 2 aromatic carbocycles. The van der Waals surface area contributed by atoms with Crippen LogP contribution in [0.25, 0.3) is 0 Å². The molecular weight excluding hydrogens is 370 g/mol. The lowest BCUT2D eigenvalue weighted by molar-refractivity contribution is -0.138. The number of nitrogens with one attached hydrogen (secondary N) is 2. The first kappa shape index (κ1) is 16.7. The van der Waals surface area contributed by atoms with E-state index in [2.05, 4.69) is 10.6 Å². The molecule has 0 unspecified atom stereocenters. The maximum Gasteiger partial charge on any atom is 0.258 e. The highest BCUT2D eigenvalue weighted by atomic mass is 19.1. The highest BCUT2D eigenvalue weighted by Gasteiger charge is 2.61. The molecule has 0 bridgehead atoms. The number of rotatable bonds is 0. The SMILES string of the molecule is O=C1NC(=O)C2C(c3cc(F)ccc31)C1C(=O)NC(=O)c3ccc(F)cc3C21. The standard InChI is InChI=1S/C20H12F2N2O4/c21-7-1-3-9-11(5-7)13-15(19(27)23-17(9)25)14-12-6-8(22)2-4-10(12)18(26)24-20(28)16(13)14/h1-6,13-16H,(H,23,25,27)(H,24,26,28). The van der Waals surface area contributed by atoms with Crippen LogP contribution in [0.1, 0.15) is 43.7 Å². The third-order valence-corrected chi connectivity index (χ3v) is 5.86. The van der Waals surface area contributed by atoms with Crippen LogP contribution in [0, 0.1) is 23.5 Å². The summed E-state index contributed by atoms with van der Waals surface area (Å²) in [5.41, 5.74) is 0.668. The summed E-state index contributed by atoms with van der Waals surface area (Å²) in [5, 5.41) is 4.53. The highest BCUT2D eigenvalue weighted by molar-refractivity contribution is 6.13. The van der Waals surface area contributed by atoms with Gasteiger partial charge in [0.25, 0.3) is 11.8 Å². The van der Waals surface area contributed by atoms with Gasteiger partial charge in [0.05, 0.1) is 11.8 Å². The maximum atomic E-state index is 13.9. The normalized spacial score (nSPS) is 27.8. The summed E-state index contributed by atoms with van der Waals surface area (Å²) >= 11 is 0. The van der Waals surface area contributed by atoms with Crippen LogP contribution in [0.4, 0.5) is 8.78 Å². The van der Waals surface area contributed by atoms with Crippen molar-refractivity contribution >= 4 is 23.6 Å². The number of carbonyl (C=O) groups excluding carboxylic acids is 4. The molecule has 4 amide bonds. The zero-order chi connectivity index (χ0) is 19.7. The van der Waals surface area contributed by atoms with E-state index in [1.807, 2.05) is 0 Å². The van der Waals surface area contributed by atoms with E-state index in [0.29, 0.717) is 0 Å².